The lowest BCUT2D eigenvalue weighted by molar-refractivity contribution is 0.282. The Morgan fingerprint density at radius 1 is 1.12 bits per heavy atom. The first-order valence-electron chi connectivity index (χ1n) is 8.22. The number of aromatic nitrogens is 1. The molecule has 1 heterocycles. The van der Waals surface area contributed by atoms with Crippen LogP contribution in [0.15, 0.2) is 59.0 Å². The molecular weight excluding hydrogens is 300 g/mol. The number of hydrogen-bond acceptors (Lipinski definition) is 4. The number of rotatable bonds is 6. The fourth-order valence-electron chi connectivity index (χ4n) is 2.68. The van der Waals surface area contributed by atoms with Gasteiger partial charge in [-0.15, -0.1) is 0 Å². The van der Waals surface area contributed by atoms with Crippen LogP contribution in [0.3, 0.4) is 0 Å². The second-order valence-electron chi connectivity index (χ2n) is 5.77. The average Bonchev–Trinajstić information content (AvgIpc) is 3.07. The van der Waals surface area contributed by atoms with E-state index < -0.39 is 0 Å². The Labute approximate surface area is 142 Å². The smallest absolute Gasteiger partial charge is 0.217 e. The number of hydrogen-bond donors (Lipinski definition) is 2. The zero-order valence-corrected chi connectivity index (χ0v) is 14.0. The number of aliphatic hydroxyl groups is 1. The molecule has 3 rings (SSSR count). The maximum Gasteiger partial charge on any atom is 0.217 e. The summed E-state index contributed by atoms with van der Waals surface area (Å²) in [4.78, 5) is 4.67. The number of aliphatic hydroxyl groups excluding tert-OH is 1. The van der Waals surface area contributed by atoms with Gasteiger partial charge in [0.15, 0.2) is 5.76 Å². The minimum Gasteiger partial charge on any atom is -0.438 e. The number of nitrogens with zero attached hydrogens (tertiary/aromatic N) is 1. The molecule has 2 aromatic carbocycles. The van der Waals surface area contributed by atoms with Crippen molar-refractivity contribution in [2.45, 2.75) is 32.9 Å². The first kappa shape index (κ1) is 16.3. The van der Waals surface area contributed by atoms with Crippen molar-refractivity contribution < 1.29 is 9.52 Å². The van der Waals surface area contributed by atoms with Crippen molar-refractivity contribution in [3.8, 4) is 11.3 Å². The van der Waals surface area contributed by atoms with Gasteiger partial charge in [-0.2, -0.15) is 0 Å². The van der Waals surface area contributed by atoms with Crippen molar-refractivity contribution >= 4 is 5.69 Å². The molecule has 1 aromatic heterocycles. The molecule has 3 aromatic rings. The largest absolute Gasteiger partial charge is 0.438 e. The van der Waals surface area contributed by atoms with E-state index in [9.17, 15) is 5.11 Å². The zero-order chi connectivity index (χ0) is 16.9. The molecule has 0 spiro atoms. The molecule has 0 saturated heterocycles. The van der Waals surface area contributed by atoms with Crippen LogP contribution in [-0.4, -0.2) is 10.1 Å². The van der Waals surface area contributed by atoms with Crippen LogP contribution >= 0.6 is 0 Å². The van der Waals surface area contributed by atoms with Crippen molar-refractivity contribution in [1.82, 2.24) is 4.98 Å². The van der Waals surface area contributed by atoms with Gasteiger partial charge in [-0.1, -0.05) is 49.4 Å². The lowest BCUT2D eigenvalue weighted by Crippen LogP contribution is -2.07. The third kappa shape index (κ3) is 3.49. The van der Waals surface area contributed by atoms with Crippen molar-refractivity contribution in [3.63, 3.8) is 0 Å². The topological polar surface area (TPSA) is 58.3 Å². The predicted octanol–water partition coefficient (Wildman–Crippen LogP) is 4.57. The van der Waals surface area contributed by atoms with Gasteiger partial charge in [0.2, 0.25) is 5.89 Å². The number of benzene rings is 2. The molecule has 0 fully saturated rings. The second kappa shape index (κ2) is 7.32. The van der Waals surface area contributed by atoms with Gasteiger partial charge in [0.05, 0.1) is 12.3 Å². The van der Waals surface area contributed by atoms with Crippen LogP contribution in [0.2, 0.25) is 0 Å². The van der Waals surface area contributed by atoms with Crippen molar-refractivity contribution in [2.75, 3.05) is 5.32 Å². The first-order chi connectivity index (χ1) is 11.7. The lowest BCUT2D eigenvalue weighted by atomic mass is 10.1. The number of nitrogens with one attached hydrogen (secondary N) is 1. The van der Waals surface area contributed by atoms with Gasteiger partial charge in [0.25, 0.3) is 0 Å². The summed E-state index contributed by atoms with van der Waals surface area (Å²) in [5, 5.41) is 12.6. The Hall–Kier alpha value is -2.59. The van der Waals surface area contributed by atoms with Gasteiger partial charge in [0.1, 0.15) is 6.04 Å². The van der Waals surface area contributed by atoms with Crippen LogP contribution in [0.5, 0.6) is 0 Å². The molecule has 124 valence electrons. The van der Waals surface area contributed by atoms with Crippen LogP contribution in [0.1, 0.15) is 37.0 Å². The molecule has 0 radical (unpaired) electrons. The fourth-order valence-corrected chi connectivity index (χ4v) is 2.68. The Balaban J connectivity index is 1.85. The SMILES string of the molecule is CCc1nc([C@H](C)Nc2cccc(CO)c2)oc1-c1ccccc1. The Kier molecular flexibility index (Phi) is 4.96. The molecule has 0 aliphatic heterocycles. The number of oxazole rings is 1. The number of aryl methyl sites for hydroxylation is 1. The van der Waals surface area contributed by atoms with E-state index >= 15 is 0 Å². The lowest BCUT2D eigenvalue weighted by Gasteiger charge is -2.12. The molecule has 4 heteroatoms. The standard InChI is InChI=1S/C20H22N2O2/c1-3-18-19(16-9-5-4-6-10-16)24-20(22-18)14(2)21-17-11-7-8-15(12-17)13-23/h4-12,14,21,23H,3,13H2,1-2H3/t14-/m0/s1. The molecule has 0 unspecified atom stereocenters. The summed E-state index contributed by atoms with van der Waals surface area (Å²) in [6.45, 7) is 4.13. The molecule has 0 saturated carbocycles. The summed E-state index contributed by atoms with van der Waals surface area (Å²) in [6, 6.07) is 17.7. The molecule has 0 amide bonds. The van der Waals surface area contributed by atoms with Crippen LogP contribution in [-0.2, 0) is 13.0 Å². The van der Waals surface area contributed by atoms with E-state index in [4.69, 9.17) is 4.42 Å². The van der Waals surface area contributed by atoms with Gasteiger partial charge in [0, 0.05) is 11.3 Å². The highest BCUT2D eigenvalue weighted by Crippen LogP contribution is 2.29. The van der Waals surface area contributed by atoms with Crippen LogP contribution in [0, 0.1) is 0 Å². The van der Waals surface area contributed by atoms with Gasteiger partial charge < -0.3 is 14.8 Å². The quantitative estimate of drug-likeness (QED) is 0.698. The van der Waals surface area contributed by atoms with Crippen LogP contribution in [0.25, 0.3) is 11.3 Å². The van der Waals surface area contributed by atoms with E-state index in [-0.39, 0.29) is 12.6 Å². The maximum absolute atomic E-state index is 9.25. The van der Waals surface area contributed by atoms with E-state index in [2.05, 4.69) is 17.2 Å². The molecule has 0 aliphatic rings. The summed E-state index contributed by atoms with van der Waals surface area (Å²) >= 11 is 0. The predicted molar refractivity (Wildman–Crippen MR) is 95.7 cm³/mol. The third-order valence-electron chi connectivity index (χ3n) is 3.95. The summed E-state index contributed by atoms with van der Waals surface area (Å²) in [5.41, 5.74) is 3.82. The first-order valence-corrected chi connectivity index (χ1v) is 8.22. The van der Waals surface area contributed by atoms with E-state index in [0.717, 1.165) is 34.7 Å². The monoisotopic (exact) mass is 322 g/mol. The highest BCUT2D eigenvalue weighted by atomic mass is 16.4. The van der Waals surface area contributed by atoms with Crippen LogP contribution < -0.4 is 5.32 Å². The molecule has 24 heavy (non-hydrogen) atoms. The Morgan fingerprint density at radius 3 is 2.62 bits per heavy atom. The van der Waals surface area contributed by atoms with Gasteiger partial charge in [-0.05, 0) is 31.0 Å². The molecule has 0 bridgehead atoms. The minimum atomic E-state index is -0.0679. The zero-order valence-electron chi connectivity index (χ0n) is 14.0. The average molecular weight is 322 g/mol. The summed E-state index contributed by atoms with van der Waals surface area (Å²) < 4.78 is 6.06. The van der Waals surface area contributed by atoms with Crippen LogP contribution in [0.4, 0.5) is 5.69 Å². The second-order valence-corrected chi connectivity index (χ2v) is 5.77. The van der Waals surface area contributed by atoms with Crippen molar-refractivity contribution in [2.24, 2.45) is 0 Å². The van der Waals surface area contributed by atoms with Crippen molar-refractivity contribution in [3.05, 3.63) is 71.7 Å². The summed E-state index contributed by atoms with van der Waals surface area (Å²) in [6.07, 6.45) is 0.820. The van der Waals surface area contributed by atoms with E-state index in [0.29, 0.717) is 5.89 Å². The van der Waals surface area contributed by atoms with Gasteiger partial charge in [-0.25, -0.2) is 4.98 Å². The highest BCUT2D eigenvalue weighted by molar-refractivity contribution is 5.60. The maximum atomic E-state index is 9.25. The fraction of sp³-hybridized carbons (Fsp3) is 0.250. The normalized spacial score (nSPS) is 12.1. The van der Waals surface area contributed by atoms with Gasteiger partial charge in [-0.3, -0.25) is 0 Å². The molecule has 4 nitrogen and oxygen atoms in total. The van der Waals surface area contributed by atoms with E-state index in [1.54, 1.807) is 0 Å². The van der Waals surface area contributed by atoms with E-state index in [1.165, 1.54) is 0 Å². The highest BCUT2D eigenvalue weighted by Gasteiger charge is 2.18. The summed E-state index contributed by atoms with van der Waals surface area (Å²) in [7, 11) is 0. The summed E-state index contributed by atoms with van der Waals surface area (Å²) in [5.74, 6) is 1.51. The molecule has 1 atom stereocenters. The molecule has 2 N–H and O–H groups in total. The molecule has 0 aliphatic carbocycles. The Bertz CT molecular complexity index is 796. The van der Waals surface area contributed by atoms with Gasteiger partial charge >= 0.3 is 0 Å². The van der Waals surface area contributed by atoms with E-state index in [1.807, 2.05) is 61.5 Å². The third-order valence-corrected chi connectivity index (χ3v) is 3.95. The minimum absolute atomic E-state index is 0.0288. The Morgan fingerprint density at radius 2 is 1.92 bits per heavy atom. The van der Waals surface area contributed by atoms with Crippen molar-refractivity contribution in [1.29, 1.82) is 0 Å². The molecular formula is C20H22N2O2. The number of anilines is 1.